The molecule has 4 rings (SSSR count). The van der Waals surface area contributed by atoms with Gasteiger partial charge in [-0.2, -0.15) is 83.9 Å². The minimum atomic E-state index is 0. The normalized spacial score (nSPS) is 13.1. The number of phenols is 1. The molecule has 0 saturated carbocycles. The Morgan fingerprint density at radius 3 is 1.39 bits per heavy atom. The van der Waals surface area contributed by atoms with E-state index < -0.39 is 0 Å². The standard InChI is InChI=1S/C10H14O.C9H13.2C6H5.CH2.2ClH.Ti/c1-10(2,3)8-5-4-6-9(11)7-8;1-6-5-7(2)9(4)8(6)3;2*1-2-4-6-5-3-1;;;;/h4-7,11H,1-3H3;6H,1-4H3;2*1-5H;1H2;2*1H;/q;3*-1;;;;. The molecule has 0 heterocycles. The molecule has 3 aromatic carbocycles. The van der Waals surface area contributed by atoms with Gasteiger partial charge in [-0.15, -0.1) is 31.7 Å². The summed E-state index contributed by atoms with van der Waals surface area (Å²) in [4.78, 5) is 3.25. The van der Waals surface area contributed by atoms with Gasteiger partial charge in [-0.1, -0.05) is 59.6 Å². The first-order valence-corrected chi connectivity index (χ1v) is 12.5. The molecule has 1 aliphatic rings. The number of hydrogen-bond acceptors (Lipinski definition) is 1. The van der Waals surface area contributed by atoms with Gasteiger partial charge < -0.3 is 5.11 Å². The molecule has 196 valence electrons. The van der Waals surface area contributed by atoms with Crippen molar-refractivity contribution in [3.05, 3.63) is 125 Å². The van der Waals surface area contributed by atoms with Crippen LogP contribution in [0.3, 0.4) is 0 Å². The Morgan fingerprint density at radius 1 is 0.778 bits per heavy atom. The first kappa shape index (κ1) is 38.6. The van der Waals surface area contributed by atoms with Crippen LogP contribution in [-0.2, 0) is 25.4 Å². The van der Waals surface area contributed by atoms with Crippen LogP contribution in [0.4, 0.5) is 0 Å². The summed E-state index contributed by atoms with van der Waals surface area (Å²) in [6.45, 7) is 15.0. The predicted molar refractivity (Wildman–Crippen MR) is 159 cm³/mol. The van der Waals surface area contributed by atoms with Crippen molar-refractivity contribution in [2.24, 2.45) is 5.92 Å². The maximum atomic E-state index is 9.18. The van der Waals surface area contributed by atoms with Crippen LogP contribution in [0.25, 0.3) is 0 Å². The second-order valence-electron chi connectivity index (χ2n) is 8.75. The molecule has 0 bridgehead atoms. The molecule has 36 heavy (non-hydrogen) atoms. The van der Waals surface area contributed by atoms with Gasteiger partial charge in [0, 0.05) is 0 Å². The molecule has 0 saturated heterocycles. The Bertz CT molecular complexity index is 893. The minimum absolute atomic E-state index is 0. The summed E-state index contributed by atoms with van der Waals surface area (Å²) >= 11 is 1.75. The fourth-order valence-electron chi connectivity index (χ4n) is 2.82. The zero-order valence-corrected chi connectivity index (χ0v) is 25.8. The third-order valence-electron chi connectivity index (χ3n) is 5.16. The van der Waals surface area contributed by atoms with Gasteiger partial charge in [-0.3, -0.25) is 6.08 Å². The molecule has 4 heteroatoms. The number of halogens is 2. The number of rotatable bonds is 0. The Hall–Kier alpha value is -1.90. The average molecular weight is 560 g/mol. The van der Waals surface area contributed by atoms with Gasteiger partial charge >= 0.3 is 24.8 Å². The van der Waals surface area contributed by atoms with Crippen LogP contribution in [0.15, 0.2) is 102 Å². The molecule has 0 radical (unpaired) electrons. The summed E-state index contributed by atoms with van der Waals surface area (Å²) in [5, 5.41) is 9.18. The number of aromatic hydroxyl groups is 1. The second-order valence-corrected chi connectivity index (χ2v) is 8.75. The van der Waals surface area contributed by atoms with Crippen LogP contribution in [-0.4, -0.2) is 9.92 Å². The van der Waals surface area contributed by atoms with Crippen molar-refractivity contribution < 1.29 is 25.1 Å². The monoisotopic (exact) mass is 559 g/mol. The topological polar surface area (TPSA) is 20.2 Å². The van der Waals surface area contributed by atoms with Crippen LogP contribution >= 0.6 is 24.8 Å². The SMILES string of the molecule is CC(C)(C)c1cccc(O)c1.CC1=[C-]C(C)C(C)=C1C.Cl.Cl.[CH2]=[Ti].[c-]1ccccc1.[c-]1ccccc1. The molecule has 0 amide bonds. The zero-order chi connectivity index (χ0) is 26.0. The van der Waals surface area contributed by atoms with Gasteiger partial charge in [0.25, 0.3) is 0 Å². The van der Waals surface area contributed by atoms with Crippen molar-refractivity contribution in [2.45, 2.75) is 53.9 Å². The van der Waals surface area contributed by atoms with Crippen molar-refractivity contribution in [1.29, 1.82) is 0 Å². The molecular formula is C32H41Cl2OTi-3. The molecule has 0 aromatic heterocycles. The van der Waals surface area contributed by atoms with Crippen molar-refractivity contribution in [3.63, 3.8) is 0 Å². The predicted octanol–water partition coefficient (Wildman–Crippen LogP) is 9.19. The molecule has 0 aliphatic heterocycles. The van der Waals surface area contributed by atoms with Crippen LogP contribution < -0.4 is 0 Å². The molecule has 1 nitrogen and oxygen atoms in total. The van der Waals surface area contributed by atoms with Crippen molar-refractivity contribution in [3.8, 4) is 5.75 Å². The van der Waals surface area contributed by atoms with Crippen molar-refractivity contribution in [2.75, 3.05) is 0 Å². The maximum absolute atomic E-state index is 9.18. The number of phenolic OH excluding ortho intramolecular Hbond substituents is 1. The Balaban J connectivity index is -0.000000397. The third-order valence-corrected chi connectivity index (χ3v) is 5.16. The van der Waals surface area contributed by atoms with Gasteiger partial charge in [0.1, 0.15) is 5.75 Å². The Morgan fingerprint density at radius 2 is 1.22 bits per heavy atom. The molecule has 1 N–H and O–H groups in total. The van der Waals surface area contributed by atoms with E-state index in [-0.39, 0.29) is 30.2 Å². The van der Waals surface area contributed by atoms with Gasteiger partial charge in [0.2, 0.25) is 0 Å². The largest absolute Gasteiger partial charge is 0.184 e. The molecule has 1 unspecified atom stereocenters. The number of allylic oxidation sites excluding steroid dienone is 4. The zero-order valence-electron chi connectivity index (χ0n) is 22.6. The van der Waals surface area contributed by atoms with E-state index in [1.54, 1.807) is 32.1 Å². The molecule has 3 aromatic rings. The van der Waals surface area contributed by atoms with Crippen molar-refractivity contribution in [1.82, 2.24) is 0 Å². The fraction of sp³-hybridized carbons (Fsp3) is 0.281. The molecular weight excluding hydrogens is 519 g/mol. The van der Waals surface area contributed by atoms with Crippen LogP contribution in [0, 0.1) is 24.1 Å². The Labute approximate surface area is 244 Å². The quantitative estimate of drug-likeness (QED) is 0.215. The molecule has 0 fully saturated rings. The van der Waals surface area contributed by atoms with Crippen LogP contribution in [0.2, 0.25) is 0 Å². The summed E-state index contributed by atoms with van der Waals surface area (Å²) in [6, 6.07) is 32.4. The summed E-state index contributed by atoms with van der Waals surface area (Å²) in [6.07, 6.45) is 3.36. The first-order valence-electron chi connectivity index (χ1n) is 11.4. The van der Waals surface area contributed by atoms with E-state index in [0.717, 1.165) is 5.56 Å². The smallest absolute Gasteiger partial charge is 0.171 e. The number of hydrogen-bond donors (Lipinski definition) is 1. The third kappa shape index (κ3) is 17.5. The molecule has 0 spiro atoms. The van der Waals surface area contributed by atoms with Crippen molar-refractivity contribution >= 4 is 29.6 Å². The minimum Gasteiger partial charge on any atom is -0.184 e. The van der Waals surface area contributed by atoms with Gasteiger partial charge in [0.05, 0.1) is 0 Å². The number of benzene rings is 3. The van der Waals surface area contributed by atoms with Crippen LogP contribution in [0.1, 0.15) is 54.0 Å². The fourth-order valence-corrected chi connectivity index (χ4v) is 2.82. The molecule has 1 atom stereocenters. The Kier molecular flexibility index (Phi) is 23.9. The van der Waals surface area contributed by atoms with Gasteiger partial charge in [-0.05, 0) is 23.1 Å². The van der Waals surface area contributed by atoms with E-state index in [0.29, 0.717) is 11.7 Å². The average Bonchev–Trinajstić information content (AvgIpc) is 3.08. The van der Waals surface area contributed by atoms with E-state index in [9.17, 15) is 5.11 Å². The molecule has 1 aliphatic carbocycles. The van der Waals surface area contributed by atoms with Gasteiger partial charge in [0.15, 0.2) is 0 Å². The van der Waals surface area contributed by atoms with E-state index in [1.165, 1.54) is 16.7 Å². The first-order chi connectivity index (χ1) is 16.1. The summed E-state index contributed by atoms with van der Waals surface area (Å²) in [5.41, 5.74) is 5.53. The summed E-state index contributed by atoms with van der Waals surface area (Å²) < 4.78 is 0. The van der Waals surface area contributed by atoms with E-state index in [1.807, 2.05) is 72.8 Å². The van der Waals surface area contributed by atoms with E-state index in [4.69, 9.17) is 0 Å². The maximum Gasteiger partial charge on any atom is -0.171 e. The summed E-state index contributed by atoms with van der Waals surface area (Å²) in [5.74, 6) is 0.905. The second kappa shape index (κ2) is 22.3. The van der Waals surface area contributed by atoms with Crippen LogP contribution in [0.5, 0.6) is 5.75 Å². The van der Waals surface area contributed by atoms with E-state index in [2.05, 4.69) is 71.5 Å². The van der Waals surface area contributed by atoms with Gasteiger partial charge in [-0.25, -0.2) is 5.57 Å². The van der Waals surface area contributed by atoms with E-state index >= 15 is 0 Å². The summed E-state index contributed by atoms with van der Waals surface area (Å²) in [7, 11) is 0.